The molecule has 1 saturated heterocycles. The Morgan fingerprint density at radius 3 is 2.85 bits per heavy atom. The van der Waals surface area contributed by atoms with Crippen LogP contribution in [0.15, 0.2) is 45.7 Å². The molecular formula is C17H12N2O6S2. The largest absolute Gasteiger partial charge is 0.481 e. The monoisotopic (exact) mass is 404 g/mol. The predicted molar refractivity (Wildman–Crippen MR) is 103 cm³/mol. The summed E-state index contributed by atoms with van der Waals surface area (Å²) in [5, 5.41) is 19.6. The number of aliphatic carboxylic acids is 1. The van der Waals surface area contributed by atoms with Crippen LogP contribution in [0.3, 0.4) is 0 Å². The Labute approximate surface area is 162 Å². The van der Waals surface area contributed by atoms with Crippen LogP contribution in [0.2, 0.25) is 0 Å². The third-order valence-corrected chi connectivity index (χ3v) is 5.04. The zero-order valence-corrected chi connectivity index (χ0v) is 15.3. The molecule has 1 aromatic carbocycles. The summed E-state index contributed by atoms with van der Waals surface area (Å²) in [6.45, 7) is 0.00836. The standard InChI is InChI=1S/C17H12N2O6S2/c20-15(21)6-7-18-16(22)14(27-17(18)26)9-12-4-5-13(25-12)10-2-1-3-11(8-10)19(23)24/h1-5,8-9H,6-7H2,(H,20,21)/b14-9-. The number of thiocarbonyl (C=S) groups is 1. The first-order valence-electron chi connectivity index (χ1n) is 7.67. The molecule has 27 heavy (non-hydrogen) atoms. The van der Waals surface area contributed by atoms with Crippen molar-refractivity contribution < 1.29 is 24.0 Å². The Kier molecular flexibility index (Phi) is 5.38. The van der Waals surface area contributed by atoms with Crippen LogP contribution < -0.4 is 0 Å². The number of nitro benzene ring substituents is 1. The summed E-state index contributed by atoms with van der Waals surface area (Å²) in [6, 6.07) is 9.31. The second kappa shape index (κ2) is 7.72. The molecule has 8 nitrogen and oxygen atoms in total. The van der Waals surface area contributed by atoms with Crippen molar-refractivity contribution in [3.63, 3.8) is 0 Å². The summed E-state index contributed by atoms with van der Waals surface area (Å²) in [7, 11) is 0. The van der Waals surface area contributed by atoms with Gasteiger partial charge in [-0.15, -0.1) is 0 Å². The number of hydrogen-bond donors (Lipinski definition) is 1. The Bertz CT molecular complexity index is 981. The van der Waals surface area contributed by atoms with Crippen molar-refractivity contribution in [1.29, 1.82) is 0 Å². The van der Waals surface area contributed by atoms with Crippen molar-refractivity contribution >= 4 is 51.9 Å². The van der Waals surface area contributed by atoms with Crippen LogP contribution in [-0.2, 0) is 9.59 Å². The van der Waals surface area contributed by atoms with E-state index in [4.69, 9.17) is 21.7 Å². The average molecular weight is 404 g/mol. The SMILES string of the molecule is O=C(O)CCN1C(=O)/C(=C/c2ccc(-c3cccc([N+](=O)[O-])c3)o2)SC1=S. The minimum Gasteiger partial charge on any atom is -0.481 e. The highest BCUT2D eigenvalue weighted by molar-refractivity contribution is 8.26. The maximum absolute atomic E-state index is 12.4. The molecule has 138 valence electrons. The second-order valence-corrected chi connectivity index (χ2v) is 7.16. The molecule has 1 amide bonds. The maximum Gasteiger partial charge on any atom is 0.305 e. The molecule has 1 aliphatic heterocycles. The lowest BCUT2D eigenvalue weighted by Gasteiger charge is -2.12. The third kappa shape index (κ3) is 4.23. The van der Waals surface area contributed by atoms with Crippen LogP contribution in [0.25, 0.3) is 17.4 Å². The van der Waals surface area contributed by atoms with Gasteiger partial charge in [0.05, 0.1) is 16.2 Å². The average Bonchev–Trinajstić information content (AvgIpc) is 3.19. The summed E-state index contributed by atoms with van der Waals surface area (Å²) in [5.41, 5.74) is 0.489. The van der Waals surface area contributed by atoms with E-state index in [9.17, 15) is 19.7 Å². The number of nitrogens with zero attached hydrogens (tertiary/aromatic N) is 2. The fraction of sp³-hybridized carbons (Fsp3) is 0.118. The van der Waals surface area contributed by atoms with E-state index in [1.807, 2.05) is 0 Å². The van der Waals surface area contributed by atoms with Crippen molar-refractivity contribution in [2.24, 2.45) is 0 Å². The summed E-state index contributed by atoms with van der Waals surface area (Å²) in [4.78, 5) is 35.0. The molecule has 0 radical (unpaired) electrons. The smallest absolute Gasteiger partial charge is 0.305 e. The van der Waals surface area contributed by atoms with Crippen molar-refractivity contribution in [1.82, 2.24) is 4.90 Å². The first-order valence-corrected chi connectivity index (χ1v) is 8.89. The van der Waals surface area contributed by atoms with Gasteiger partial charge in [0.1, 0.15) is 15.8 Å². The fourth-order valence-electron chi connectivity index (χ4n) is 2.39. The molecule has 0 atom stereocenters. The third-order valence-electron chi connectivity index (χ3n) is 3.66. The van der Waals surface area contributed by atoms with E-state index in [1.54, 1.807) is 24.3 Å². The molecule has 1 N–H and O–H groups in total. The number of amides is 1. The molecule has 1 aromatic heterocycles. The van der Waals surface area contributed by atoms with Crippen molar-refractivity contribution in [2.75, 3.05) is 6.54 Å². The van der Waals surface area contributed by atoms with Gasteiger partial charge in [0.25, 0.3) is 11.6 Å². The molecule has 0 saturated carbocycles. The highest BCUT2D eigenvalue weighted by Crippen LogP contribution is 2.34. The lowest BCUT2D eigenvalue weighted by Crippen LogP contribution is -2.30. The summed E-state index contributed by atoms with van der Waals surface area (Å²) < 4.78 is 5.95. The zero-order chi connectivity index (χ0) is 19.6. The molecule has 1 aliphatic rings. The van der Waals surface area contributed by atoms with Crippen molar-refractivity contribution in [3.8, 4) is 11.3 Å². The number of carboxylic acid groups (broad SMARTS) is 1. The lowest BCUT2D eigenvalue weighted by atomic mass is 10.1. The maximum atomic E-state index is 12.4. The Hall–Kier alpha value is -2.98. The number of carboxylic acids is 1. The zero-order valence-electron chi connectivity index (χ0n) is 13.7. The van der Waals surface area contributed by atoms with Crippen LogP contribution in [0.1, 0.15) is 12.2 Å². The highest BCUT2D eigenvalue weighted by atomic mass is 32.2. The summed E-state index contributed by atoms with van der Waals surface area (Å²) in [5.74, 6) is -0.582. The molecule has 0 bridgehead atoms. The Morgan fingerprint density at radius 1 is 1.37 bits per heavy atom. The number of hydrogen-bond acceptors (Lipinski definition) is 7. The van der Waals surface area contributed by atoms with Gasteiger partial charge >= 0.3 is 5.97 Å². The minimum atomic E-state index is -1.01. The van der Waals surface area contributed by atoms with Gasteiger partial charge in [-0.1, -0.05) is 36.1 Å². The molecule has 0 aliphatic carbocycles. The molecule has 0 unspecified atom stereocenters. The van der Waals surface area contributed by atoms with E-state index in [1.165, 1.54) is 23.1 Å². The minimum absolute atomic E-state index is 0.00836. The molecule has 0 spiro atoms. The Balaban J connectivity index is 1.80. The second-order valence-electron chi connectivity index (χ2n) is 5.49. The van der Waals surface area contributed by atoms with Gasteiger partial charge in [0.15, 0.2) is 0 Å². The van der Waals surface area contributed by atoms with E-state index in [-0.39, 0.29) is 28.9 Å². The van der Waals surface area contributed by atoms with Crippen LogP contribution >= 0.6 is 24.0 Å². The topological polar surface area (TPSA) is 114 Å². The van der Waals surface area contributed by atoms with Gasteiger partial charge in [-0.3, -0.25) is 24.6 Å². The van der Waals surface area contributed by atoms with E-state index in [2.05, 4.69) is 0 Å². The first-order chi connectivity index (χ1) is 12.8. The van der Waals surface area contributed by atoms with E-state index in [0.29, 0.717) is 22.0 Å². The Morgan fingerprint density at radius 2 is 2.15 bits per heavy atom. The quantitative estimate of drug-likeness (QED) is 0.337. The van der Waals surface area contributed by atoms with Crippen LogP contribution in [0, 0.1) is 10.1 Å². The molecular weight excluding hydrogens is 392 g/mol. The van der Waals surface area contributed by atoms with Gasteiger partial charge in [0.2, 0.25) is 0 Å². The number of benzene rings is 1. The first kappa shape index (κ1) is 18.8. The number of nitro groups is 1. The molecule has 2 heterocycles. The van der Waals surface area contributed by atoms with E-state index < -0.39 is 10.9 Å². The van der Waals surface area contributed by atoms with Gasteiger partial charge in [0, 0.05) is 30.3 Å². The number of rotatable bonds is 6. The summed E-state index contributed by atoms with van der Waals surface area (Å²) in [6.07, 6.45) is 1.32. The van der Waals surface area contributed by atoms with Crippen LogP contribution in [0.5, 0.6) is 0 Å². The molecule has 3 rings (SSSR count). The van der Waals surface area contributed by atoms with Gasteiger partial charge < -0.3 is 9.52 Å². The van der Waals surface area contributed by atoms with Crippen molar-refractivity contribution in [2.45, 2.75) is 6.42 Å². The number of carbonyl (C=O) groups is 2. The normalized spacial score (nSPS) is 15.6. The molecule has 2 aromatic rings. The number of thioether (sulfide) groups is 1. The van der Waals surface area contributed by atoms with Gasteiger partial charge in [-0.05, 0) is 12.1 Å². The number of carbonyl (C=O) groups excluding carboxylic acids is 1. The van der Waals surface area contributed by atoms with E-state index >= 15 is 0 Å². The summed E-state index contributed by atoms with van der Waals surface area (Å²) >= 11 is 6.19. The van der Waals surface area contributed by atoms with Gasteiger partial charge in [-0.2, -0.15) is 0 Å². The fourth-order valence-corrected chi connectivity index (χ4v) is 3.68. The number of non-ortho nitro benzene ring substituents is 1. The van der Waals surface area contributed by atoms with Gasteiger partial charge in [-0.25, -0.2) is 0 Å². The molecule has 10 heteroatoms. The van der Waals surface area contributed by atoms with Crippen LogP contribution in [0.4, 0.5) is 5.69 Å². The van der Waals surface area contributed by atoms with Crippen LogP contribution in [-0.4, -0.2) is 37.7 Å². The predicted octanol–water partition coefficient (Wildman–Crippen LogP) is 3.53. The number of furan rings is 1. The van der Waals surface area contributed by atoms with E-state index in [0.717, 1.165) is 11.8 Å². The van der Waals surface area contributed by atoms with Crippen molar-refractivity contribution in [3.05, 3.63) is 57.2 Å². The lowest BCUT2D eigenvalue weighted by molar-refractivity contribution is -0.384. The highest BCUT2D eigenvalue weighted by Gasteiger charge is 2.32. The molecule has 1 fully saturated rings.